The maximum absolute atomic E-state index is 13.2. The predicted octanol–water partition coefficient (Wildman–Crippen LogP) is 2.73. The maximum Gasteiger partial charge on any atom is 0.138 e. The van der Waals surface area contributed by atoms with E-state index in [4.69, 9.17) is 0 Å². The van der Waals surface area contributed by atoms with Crippen molar-refractivity contribution in [1.29, 1.82) is 0 Å². The molecule has 2 rings (SSSR count). The monoisotopic (exact) mass is 183 g/mol. The van der Waals surface area contributed by atoms with Crippen LogP contribution in [-0.4, -0.2) is 12.3 Å². The van der Waals surface area contributed by atoms with Gasteiger partial charge in [-0.3, -0.25) is 0 Å². The highest BCUT2D eigenvalue weighted by molar-refractivity contribution is 7.99. The Kier molecular flexibility index (Phi) is 2.21. The number of rotatable bonds is 0. The Bertz CT molecular complexity index is 288. The van der Waals surface area contributed by atoms with Crippen LogP contribution in [0.1, 0.15) is 6.42 Å². The molecule has 0 bridgehead atoms. The number of benzene rings is 1. The molecule has 1 aromatic carbocycles. The zero-order valence-corrected chi connectivity index (χ0v) is 7.46. The molecule has 0 atom stereocenters. The van der Waals surface area contributed by atoms with Crippen LogP contribution in [0.2, 0.25) is 0 Å². The Morgan fingerprint density at radius 3 is 3.25 bits per heavy atom. The van der Waals surface area contributed by atoms with Crippen LogP contribution in [0.3, 0.4) is 0 Å². The van der Waals surface area contributed by atoms with Gasteiger partial charge >= 0.3 is 0 Å². The molecule has 1 aliphatic rings. The van der Waals surface area contributed by atoms with Gasteiger partial charge in [-0.2, -0.15) is 0 Å². The number of hydrogen-bond donors (Lipinski definition) is 1. The number of fused-ring (bicyclic) bond motifs is 1. The summed E-state index contributed by atoms with van der Waals surface area (Å²) in [5.74, 6) is 0.896. The quantitative estimate of drug-likeness (QED) is 0.663. The van der Waals surface area contributed by atoms with Crippen LogP contribution >= 0.6 is 11.8 Å². The highest BCUT2D eigenvalue weighted by Crippen LogP contribution is 2.32. The number of thioether (sulfide) groups is 1. The van der Waals surface area contributed by atoms with E-state index in [1.165, 1.54) is 6.07 Å². The Morgan fingerprint density at radius 2 is 2.33 bits per heavy atom. The summed E-state index contributed by atoms with van der Waals surface area (Å²) >= 11 is 1.60. The van der Waals surface area contributed by atoms with E-state index in [2.05, 4.69) is 5.32 Å². The molecular weight excluding hydrogens is 173 g/mol. The minimum Gasteiger partial charge on any atom is -0.384 e. The second-order valence-corrected chi connectivity index (χ2v) is 3.85. The molecule has 0 spiro atoms. The van der Waals surface area contributed by atoms with Crippen LogP contribution in [0.4, 0.5) is 10.1 Å². The Balaban J connectivity index is 2.42. The number of nitrogens with one attached hydrogen (secondary N) is 1. The second-order valence-electron chi connectivity index (χ2n) is 2.75. The minimum atomic E-state index is -0.105. The molecule has 0 aliphatic carbocycles. The molecule has 0 saturated heterocycles. The van der Waals surface area contributed by atoms with Gasteiger partial charge in [-0.1, -0.05) is 6.07 Å². The van der Waals surface area contributed by atoms with E-state index in [1.807, 2.05) is 6.07 Å². The van der Waals surface area contributed by atoms with Crippen LogP contribution in [0.25, 0.3) is 0 Å². The lowest BCUT2D eigenvalue weighted by atomic mass is 10.3. The molecular formula is C9H10FNS. The summed E-state index contributed by atoms with van der Waals surface area (Å²) in [6.07, 6.45) is 1.10. The fourth-order valence-electron chi connectivity index (χ4n) is 1.26. The summed E-state index contributed by atoms with van der Waals surface area (Å²) in [6.45, 7) is 0.948. The first-order chi connectivity index (χ1) is 5.88. The Hall–Kier alpha value is -0.700. The van der Waals surface area contributed by atoms with E-state index >= 15 is 0 Å². The average molecular weight is 183 g/mol. The van der Waals surface area contributed by atoms with Crippen molar-refractivity contribution in [3.8, 4) is 0 Å². The van der Waals surface area contributed by atoms with Crippen LogP contribution < -0.4 is 5.32 Å². The fraction of sp³-hybridized carbons (Fsp3) is 0.333. The molecule has 0 amide bonds. The lowest BCUT2D eigenvalue weighted by molar-refractivity contribution is 0.603. The first-order valence-corrected chi connectivity index (χ1v) is 5.01. The van der Waals surface area contributed by atoms with Crippen molar-refractivity contribution < 1.29 is 4.39 Å². The summed E-state index contributed by atoms with van der Waals surface area (Å²) < 4.78 is 13.2. The summed E-state index contributed by atoms with van der Waals surface area (Å²) in [4.78, 5) is 0.773. The van der Waals surface area contributed by atoms with Crippen molar-refractivity contribution in [2.45, 2.75) is 11.3 Å². The highest BCUT2D eigenvalue weighted by Gasteiger charge is 2.10. The van der Waals surface area contributed by atoms with Gasteiger partial charge in [-0.25, -0.2) is 4.39 Å². The lowest BCUT2D eigenvalue weighted by Gasteiger charge is -2.06. The molecule has 64 valence electrons. The van der Waals surface area contributed by atoms with Gasteiger partial charge in [-0.05, 0) is 24.3 Å². The molecule has 1 aliphatic heterocycles. The van der Waals surface area contributed by atoms with Crippen LogP contribution in [0, 0.1) is 5.82 Å². The van der Waals surface area contributed by atoms with Crippen molar-refractivity contribution in [3.05, 3.63) is 24.0 Å². The van der Waals surface area contributed by atoms with Crippen molar-refractivity contribution in [2.75, 3.05) is 17.6 Å². The van der Waals surface area contributed by atoms with E-state index in [-0.39, 0.29) is 5.82 Å². The summed E-state index contributed by atoms with van der Waals surface area (Å²) in [6, 6.07) is 5.18. The molecule has 12 heavy (non-hydrogen) atoms. The van der Waals surface area contributed by atoms with E-state index < -0.39 is 0 Å². The van der Waals surface area contributed by atoms with Gasteiger partial charge in [0.1, 0.15) is 5.82 Å². The number of hydrogen-bond acceptors (Lipinski definition) is 2. The van der Waals surface area contributed by atoms with Crippen molar-refractivity contribution in [3.63, 3.8) is 0 Å². The van der Waals surface area contributed by atoms with Crippen molar-refractivity contribution in [1.82, 2.24) is 0 Å². The molecule has 1 N–H and O–H groups in total. The SMILES string of the molecule is Fc1cccc2c1SCCCN2. The van der Waals surface area contributed by atoms with E-state index in [9.17, 15) is 4.39 Å². The molecule has 1 heterocycles. The van der Waals surface area contributed by atoms with Gasteiger partial charge in [-0.15, -0.1) is 11.8 Å². The summed E-state index contributed by atoms with van der Waals surface area (Å²) in [5.41, 5.74) is 0.942. The topological polar surface area (TPSA) is 12.0 Å². The van der Waals surface area contributed by atoms with Gasteiger partial charge in [0.15, 0.2) is 0 Å². The molecule has 0 fully saturated rings. The third-order valence-corrected chi connectivity index (χ3v) is 3.05. The standard InChI is InChI=1S/C9H10FNS/c10-7-3-1-4-8-9(7)12-6-2-5-11-8/h1,3-4,11H,2,5-6H2. The molecule has 0 aromatic heterocycles. The van der Waals surface area contributed by atoms with Gasteiger partial charge in [0.05, 0.1) is 10.6 Å². The molecule has 1 nitrogen and oxygen atoms in total. The van der Waals surface area contributed by atoms with Crippen LogP contribution in [0.15, 0.2) is 23.1 Å². The lowest BCUT2D eigenvalue weighted by Crippen LogP contribution is -1.99. The van der Waals surface area contributed by atoms with Gasteiger partial charge in [0.2, 0.25) is 0 Å². The van der Waals surface area contributed by atoms with Crippen molar-refractivity contribution in [2.24, 2.45) is 0 Å². The third-order valence-electron chi connectivity index (χ3n) is 1.85. The van der Waals surface area contributed by atoms with Crippen molar-refractivity contribution >= 4 is 17.4 Å². The van der Waals surface area contributed by atoms with Gasteiger partial charge in [0, 0.05) is 6.54 Å². The molecule has 1 aromatic rings. The van der Waals surface area contributed by atoms with Gasteiger partial charge in [0.25, 0.3) is 0 Å². The summed E-state index contributed by atoms with van der Waals surface area (Å²) in [5, 5.41) is 3.21. The average Bonchev–Trinajstić information content (AvgIpc) is 2.30. The molecule has 0 radical (unpaired) electrons. The zero-order chi connectivity index (χ0) is 8.39. The Labute approximate surface area is 75.4 Å². The molecule has 0 saturated carbocycles. The molecule has 3 heteroatoms. The smallest absolute Gasteiger partial charge is 0.138 e. The van der Waals surface area contributed by atoms with Crippen LogP contribution in [0.5, 0.6) is 0 Å². The number of anilines is 1. The fourth-order valence-corrected chi connectivity index (χ4v) is 2.26. The predicted molar refractivity (Wildman–Crippen MR) is 50.2 cm³/mol. The zero-order valence-electron chi connectivity index (χ0n) is 6.64. The largest absolute Gasteiger partial charge is 0.384 e. The summed E-state index contributed by atoms with van der Waals surface area (Å²) in [7, 11) is 0. The van der Waals surface area contributed by atoms with E-state index in [0.29, 0.717) is 0 Å². The minimum absolute atomic E-state index is 0.105. The third kappa shape index (κ3) is 1.41. The van der Waals surface area contributed by atoms with E-state index in [0.717, 1.165) is 29.3 Å². The number of halogens is 1. The highest BCUT2D eigenvalue weighted by atomic mass is 32.2. The first-order valence-electron chi connectivity index (χ1n) is 4.03. The maximum atomic E-state index is 13.2. The van der Waals surface area contributed by atoms with Crippen LogP contribution in [-0.2, 0) is 0 Å². The second kappa shape index (κ2) is 3.35. The first kappa shape index (κ1) is 7.92. The normalized spacial score (nSPS) is 16.1. The van der Waals surface area contributed by atoms with E-state index in [1.54, 1.807) is 17.8 Å². The Morgan fingerprint density at radius 1 is 1.42 bits per heavy atom. The van der Waals surface area contributed by atoms with Gasteiger partial charge < -0.3 is 5.32 Å². The molecule has 0 unspecified atom stereocenters.